The Morgan fingerprint density at radius 2 is 2.00 bits per heavy atom. The van der Waals surface area contributed by atoms with E-state index in [9.17, 15) is 14.7 Å². The van der Waals surface area contributed by atoms with Crippen LogP contribution in [0.5, 0.6) is 0 Å². The van der Waals surface area contributed by atoms with Gasteiger partial charge >= 0.3 is 17.7 Å². The second-order valence-corrected chi connectivity index (χ2v) is 6.48. The summed E-state index contributed by atoms with van der Waals surface area (Å²) in [5.74, 6) is 5.33. The number of hydrogen-bond donors (Lipinski definition) is 2. The highest BCUT2D eigenvalue weighted by atomic mass is 16.4. The van der Waals surface area contributed by atoms with Crippen LogP contribution in [0.25, 0.3) is 5.65 Å². The number of rotatable bonds is 3. The predicted octanol–water partition coefficient (Wildman–Crippen LogP) is 1.09. The Kier molecular flexibility index (Phi) is 4.68. The topological polar surface area (TPSA) is 123 Å². The molecule has 30 heavy (non-hydrogen) atoms. The van der Waals surface area contributed by atoms with Gasteiger partial charge < -0.3 is 10.4 Å². The Hall–Kier alpha value is -4.54. The molecule has 1 amide bonds. The first-order valence-corrected chi connectivity index (χ1v) is 8.90. The van der Waals surface area contributed by atoms with Crippen molar-refractivity contribution in [1.82, 2.24) is 19.3 Å². The third kappa shape index (κ3) is 3.58. The number of carbonyl (C=O) groups is 2. The molecule has 2 N–H and O–H groups in total. The molecule has 0 radical (unpaired) electrons. The van der Waals surface area contributed by atoms with Crippen LogP contribution >= 0.6 is 0 Å². The Bertz CT molecular complexity index is 1380. The lowest BCUT2D eigenvalue weighted by Crippen LogP contribution is -2.23. The maximum Gasteiger partial charge on any atom is 0.387 e. The van der Waals surface area contributed by atoms with E-state index >= 15 is 0 Å². The zero-order valence-corrected chi connectivity index (χ0v) is 16.0. The number of hydrogen-bond acceptors (Lipinski definition) is 5. The highest BCUT2D eigenvalue weighted by Crippen LogP contribution is 2.15. The molecule has 0 saturated heterocycles. The van der Waals surface area contributed by atoms with Crippen molar-refractivity contribution in [1.29, 1.82) is 0 Å². The SMILES string of the molecule is CC1=[N+]=CC(C(=O)Nc2ccc(C)c(C#Cc3nnc4c(C(=O)O)cccn34)c2)=N1. The van der Waals surface area contributed by atoms with Crippen LogP contribution in [-0.4, -0.2) is 49.3 Å². The smallest absolute Gasteiger partial charge is 0.387 e. The molecule has 0 bridgehead atoms. The minimum absolute atomic E-state index is 0.0461. The van der Waals surface area contributed by atoms with E-state index in [1.165, 1.54) is 16.7 Å². The third-order valence-corrected chi connectivity index (χ3v) is 4.36. The van der Waals surface area contributed by atoms with Crippen molar-refractivity contribution >= 4 is 41.0 Å². The van der Waals surface area contributed by atoms with Gasteiger partial charge in [0.15, 0.2) is 5.65 Å². The Labute approximate surface area is 170 Å². The molecule has 9 heteroatoms. The summed E-state index contributed by atoms with van der Waals surface area (Å²) in [5.41, 5.74) is 2.66. The molecule has 9 nitrogen and oxygen atoms in total. The number of carboxylic acid groups (broad SMARTS) is 1. The van der Waals surface area contributed by atoms with E-state index in [-0.39, 0.29) is 22.8 Å². The van der Waals surface area contributed by atoms with Crippen LogP contribution in [0.15, 0.2) is 41.5 Å². The molecule has 3 aromatic rings. The van der Waals surface area contributed by atoms with E-state index in [1.807, 2.05) is 13.0 Å². The molecule has 1 aliphatic heterocycles. The molecule has 0 spiro atoms. The standard InChI is InChI=1S/C21H14N6O3/c1-12-5-7-15(24-20(28)17-11-22-13(2)23-17)10-14(12)6-8-18-25-26-19-16(21(29)30)4-3-9-27(18)19/h3-5,7,9-11H,1-2H3,(H-,24,28,29,30)/p+1. The molecule has 0 atom stereocenters. The maximum absolute atomic E-state index is 12.3. The zero-order chi connectivity index (χ0) is 21.3. The number of nitrogens with zero attached hydrogens (tertiary/aromatic N) is 5. The van der Waals surface area contributed by atoms with Gasteiger partial charge in [0.25, 0.3) is 5.71 Å². The first-order chi connectivity index (χ1) is 14.4. The number of benzene rings is 1. The van der Waals surface area contributed by atoms with Crippen LogP contribution in [0.1, 0.15) is 34.2 Å². The quantitative estimate of drug-likeness (QED) is 0.504. The number of fused-ring (bicyclic) bond motifs is 1. The van der Waals surface area contributed by atoms with Gasteiger partial charge in [0, 0.05) is 17.4 Å². The summed E-state index contributed by atoms with van der Waals surface area (Å²) in [5, 5.41) is 20.0. The molecule has 0 unspecified atom stereocenters. The first kappa shape index (κ1) is 18.8. The molecule has 4 rings (SSSR count). The van der Waals surface area contributed by atoms with E-state index in [2.05, 4.69) is 37.0 Å². The van der Waals surface area contributed by atoms with Crippen molar-refractivity contribution in [3.63, 3.8) is 0 Å². The van der Waals surface area contributed by atoms with E-state index in [1.54, 1.807) is 31.3 Å². The average Bonchev–Trinajstić information content (AvgIpc) is 3.34. The molecule has 2 aromatic heterocycles. The summed E-state index contributed by atoms with van der Waals surface area (Å²) in [4.78, 5) is 27.7. The second kappa shape index (κ2) is 7.47. The van der Waals surface area contributed by atoms with Crippen molar-refractivity contribution in [2.75, 3.05) is 5.32 Å². The summed E-state index contributed by atoms with van der Waals surface area (Å²) >= 11 is 0. The molecule has 1 aliphatic rings. The van der Waals surface area contributed by atoms with Gasteiger partial charge in [-0.15, -0.1) is 10.2 Å². The maximum atomic E-state index is 12.3. The molecule has 0 saturated carbocycles. The fourth-order valence-electron chi connectivity index (χ4n) is 2.82. The van der Waals surface area contributed by atoms with Crippen molar-refractivity contribution in [2.24, 2.45) is 4.99 Å². The summed E-state index contributed by atoms with van der Waals surface area (Å²) in [6.45, 7) is 3.61. The normalized spacial score (nSPS) is 12.2. The van der Waals surface area contributed by atoms with Crippen LogP contribution in [-0.2, 0) is 4.79 Å². The van der Waals surface area contributed by atoms with Crippen LogP contribution < -0.4 is 9.98 Å². The molecule has 0 aliphatic carbocycles. The minimum atomic E-state index is -1.09. The number of carboxylic acids is 1. The molecule has 1 aromatic carbocycles. The Balaban J connectivity index is 1.62. The van der Waals surface area contributed by atoms with Gasteiger partial charge in [-0.3, -0.25) is 9.20 Å². The van der Waals surface area contributed by atoms with Gasteiger partial charge in [-0.25, -0.2) is 9.46 Å². The lowest BCUT2D eigenvalue weighted by molar-refractivity contribution is -0.110. The van der Waals surface area contributed by atoms with Crippen LogP contribution in [0, 0.1) is 18.8 Å². The zero-order valence-electron chi connectivity index (χ0n) is 16.0. The number of amides is 1. The number of carbonyl (C=O) groups excluding carboxylic acids is 1. The number of aliphatic imine (C=N–C) groups is 1. The number of aromatic carboxylic acids is 1. The van der Waals surface area contributed by atoms with Gasteiger partial charge in [0.1, 0.15) is 5.56 Å². The van der Waals surface area contributed by atoms with Crippen molar-refractivity contribution < 1.29 is 14.7 Å². The van der Waals surface area contributed by atoms with E-state index in [0.29, 0.717) is 22.9 Å². The van der Waals surface area contributed by atoms with Gasteiger partial charge in [0.2, 0.25) is 12.0 Å². The predicted molar refractivity (Wildman–Crippen MR) is 112 cm³/mol. The number of pyridine rings is 1. The van der Waals surface area contributed by atoms with Crippen molar-refractivity contribution in [3.05, 3.63) is 59.0 Å². The fraction of sp³-hybridized carbons (Fsp3) is 0.0952. The van der Waals surface area contributed by atoms with Crippen molar-refractivity contribution in [2.45, 2.75) is 13.8 Å². The Morgan fingerprint density at radius 3 is 2.73 bits per heavy atom. The molecule has 3 heterocycles. The van der Waals surface area contributed by atoms with E-state index < -0.39 is 5.97 Å². The van der Waals surface area contributed by atoms with Gasteiger partial charge in [-0.1, -0.05) is 12.0 Å². The van der Waals surface area contributed by atoms with Crippen LogP contribution in [0.4, 0.5) is 5.69 Å². The van der Waals surface area contributed by atoms with Gasteiger partial charge in [-0.2, -0.15) is 0 Å². The number of nitrogens with one attached hydrogen (secondary N) is 1. The fourth-order valence-corrected chi connectivity index (χ4v) is 2.82. The summed E-state index contributed by atoms with van der Waals surface area (Å²) in [7, 11) is 0. The second-order valence-electron chi connectivity index (χ2n) is 6.48. The van der Waals surface area contributed by atoms with Crippen molar-refractivity contribution in [3.8, 4) is 11.8 Å². The average molecular weight is 399 g/mol. The Morgan fingerprint density at radius 1 is 1.17 bits per heavy atom. The number of amidine groups is 1. The number of anilines is 1. The van der Waals surface area contributed by atoms with E-state index in [4.69, 9.17) is 0 Å². The first-order valence-electron chi connectivity index (χ1n) is 8.90. The molecular formula is C21H15N6O3+. The number of aromatic nitrogens is 3. The van der Waals surface area contributed by atoms with Crippen LogP contribution in [0.3, 0.4) is 0 Å². The number of aryl methyl sites for hydroxylation is 1. The lowest BCUT2D eigenvalue weighted by atomic mass is 10.1. The summed E-state index contributed by atoms with van der Waals surface area (Å²) < 4.78 is 5.49. The molecule has 0 fully saturated rings. The third-order valence-electron chi connectivity index (χ3n) is 4.36. The molecular weight excluding hydrogens is 384 g/mol. The monoisotopic (exact) mass is 399 g/mol. The lowest BCUT2D eigenvalue weighted by Gasteiger charge is -2.04. The minimum Gasteiger partial charge on any atom is -0.478 e. The summed E-state index contributed by atoms with van der Waals surface area (Å²) in [6.07, 6.45) is 3.07. The van der Waals surface area contributed by atoms with Gasteiger partial charge in [0.05, 0.1) is 6.92 Å². The van der Waals surface area contributed by atoms with Crippen LogP contribution in [0.2, 0.25) is 0 Å². The van der Waals surface area contributed by atoms with Gasteiger partial charge in [-0.05, 0) is 47.7 Å². The molecule has 146 valence electrons. The largest absolute Gasteiger partial charge is 0.478 e. The van der Waals surface area contributed by atoms with E-state index in [0.717, 1.165) is 5.56 Å². The highest BCUT2D eigenvalue weighted by molar-refractivity contribution is 6.64. The summed E-state index contributed by atoms with van der Waals surface area (Å²) in [6, 6.07) is 8.41. The highest BCUT2D eigenvalue weighted by Gasteiger charge is 2.23.